The zero-order valence-corrected chi connectivity index (χ0v) is 10.6. The van der Waals surface area contributed by atoms with E-state index in [0.29, 0.717) is 23.9 Å². The summed E-state index contributed by atoms with van der Waals surface area (Å²) in [6, 6.07) is 3.14. The van der Waals surface area contributed by atoms with E-state index in [0.717, 1.165) is 0 Å². The van der Waals surface area contributed by atoms with Crippen LogP contribution in [0.15, 0.2) is 21.2 Å². The highest BCUT2D eigenvalue weighted by atomic mass is 79.9. The molecule has 2 atom stereocenters. The Morgan fingerprint density at radius 3 is 2.71 bits per heavy atom. The molecule has 0 radical (unpaired) electrons. The lowest BCUT2D eigenvalue weighted by Crippen LogP contribution is -2.33. The maximum atomic E-state index is 11.7. The maximum absolute atomic E-state index is 11.7. The Morgan fingerprint density at radius 1 is 1.41 bits per heavy atom. The second kappa shape index (κ2) is 4.91. The van der Waals surface area contributed by atoms with Crippen molar-refractivity contribution < 1.29 is 19.1 Å². The van der Waals surface area contributed by atoms with Crippen LogP contribution in [0.1, 0.15) is 29.8 Å². The fourth-order valence-corrected chi connectivity index (χ4v) is 2.34. The van der Waals surface area contributed by atoms with Crippen molar-refractivity contribution in [2.75, 3.05) is 0 Å². The van der Waals surface area contributed by atoms with Gasteiger partial charge in [0.25, 0.3) is 5.91 Å². The Hall–Kier alpha value is -1.30. The van der Waals surface area contributed by atoms with Crippen LogP contribution in [0.25, 0.3) is 0 Å². The fourth-order valence-electron chi connectivity index (χ4n) is 2.03. The summed E-state index contributed by atoms with van der Waals surface area (Å²) in [6.45, 7) is 0. The molecule has 1 aliphatic rings. The van der Waals surface area contributed by atoms with Crippen molar-refractivity contribution >= 4 is 27.8 Å². The van der Waals surface area contributed by atoms with Crippen LogP contribution in [0, 0.1) is 5.92 Å². The third kappa shape index (κ3) is 2.88. The largest absolute Gasteiger partial charge is 0.481 e. The summed E-state index contributed by atoms with van der Waals surface area (Å²) in [7, 11) is 0. The average Bonchev–Trinajstić information content (AvgIpc) is 2.86. The minimum Gasteiger partial charge on any atom is -0.481 e. The van der Waals surface area contributed by atoms with Crippen molar-refractivity contribution in [1.29, 1.82) is 0 Å². The number of carboxylic acid groups (broad SMARTS) is 1. The monoisotopic (exact) mass is 301 g/mol. The minimum atomic E-state index is -0.789. The number of nitrogens with one attached hydrogen (secondary N) is 1. The number of furan rings is 1. The van der Waals surface area contributed by atoms with Gasteiger partial charge in [-0.15, -0.1) is 0 Å². The van der Waals surface area contributed by atoms with Crippen molar-refractivity contribution in [2.45, 2.75) is 25.3 Å². The minimum absolute atomic E-state index is 0.0764. The first-order valence-corrected chi connectivity index (χ1v) is 6.14. The van der Waals surface area contributed by atoms with Crippen LogP contribution >= 0.6 is 15.9 Å². The van der Waals surface area contributed by atoms with Gasteiger partial charge in [0.05, 0.1) is 5.92 Å². The molecule has 1 heterocycles. The Balaban J connectivity index is 1.90. The molecule has 1 aromatic rings. The third-order valence-electron chi connectivity index (χ3n) is 2.91. The van der Waals surface area contributed by atoms with Gasteiger partial charge in [-0.2, -0.15) is 0 Å². The molecule has 0 aliphatic heterocycles. The van der Waals surface area contributed by atoms with Gasteiger partial charge in [-0.05, 0) is 47.3 Å². The molecule has 5 nitrogen and oxygen atoms in total. The van der Waals surface area contributed by atoms with Gasteiger partial charge in [0.1, 0.15) is 0 Å². The molecular formula is C11H12BrNO4. The zero-order valence-electron chi connectivity index (χ0n) is 8.98. The van der Waals surface area contributed by atoms with Gasteiger partial charge in [-0.1, -0.05) is 0 Å². The standard InChI is InChI=1S/C11H12BrNO4/c12-9-4-3-8(17-9)10(14)13-7-2-1-6(5-7)11(15)16/h3-4,6-7H,1-2,5H2,(H,13,14)(H,15,16). The molecule has 2 N–H and O–H groups in total. The number of halogens is 1. The van der Waals surface area contributed by atoms with Crippen molar-refractivity contribution in [2.24, 2.45) is 5.92 Å². The summed E-state index contributed by atoms with van der Waals surface area (Å²) in [5, 5.41) is 11.6. The summed E-state index contributed by atoms with van der Waals surface area (Å²) in [5.41, 5.74) is 0. The lowest BCUT2D eigenvalue weighted by atomic mass is 10.1. The van der Waals surface area contributed by atoms with Gasteiger partial charge in [-0.3, -0.25) is 9.59 Å². The summed E-state index contributed by atoms with van der Waals surface area (Å²) >= 11 is 3.12. The van der Waals surface area contributed by atoms with Gasteiger partial charge in [0.15, 0.2) is 10.4 Å². The second-order valence-corrected chi connectivity index (χ2v) is 4.90. The number of carboxylic acids is 1. The molecule has 0 spiro atoms. The lowest BCUT2D eigenvalue weighted by molar-refractivity contribution is -0.141. The smallest absolute Gasteiger partial charge is 0.306 e. The van der Waals surface area contributed by atoms with Crippen LogP contribution in [0.3, 0.4) is 0 Å². The predicted octanol–water partition coefficient (Wildman–Crippen LogP) is 2.03. The first-order valence-electron chi connectivity index (χ1n) is 5.35. The molecule has 2 rings (SSSR count). The molecule has 0 bridgehead atoms. The van der Waals surface area contributed by atoms with Crippen LogP contribution in [0.5, 0.6) is 0 Å². The third-order valence-corrected chi connectivity index (χ3v) is 3.34. The van der Waals surface area contributed by atoms with Gasteiger partial charge in [-0.25, -0.2) is 0 Å². The zero-order chi connectivity index (χ0) is 12.4. The van der Waals surface area contributed by atoms with E-state index in [4.69, 9.17) is 9.52 Å². The summed E-state index contributed by atoms with van der Waals surface area (Å²) in [4.78, 5) is 22.5. The first kappa shape index (κ1) is 12.2. The van der Waals surface area contributed by atoms with E-state index < -0.39 is 5.97 Å². The molecule has 0 aromatic carbocycles. The molecule has 92 valence electrons. The summed E-state index contributed by atoms with van der Waals surface area (Å²) < 4.78 is 5.62. The van der Waals surface area contributed by atoms with Crippen LogP contribution in [-0.4, -0.2) is 23.0 Å². The highest BCUT2D eigenvalue weighted by Gasteiger charge is 2.31. The van der Waals surface area contributed by atoms with Gasteiger partial charge in [0.2, 0.25) is 0 Å². The van der Waals surface area contributed by atoms with E-state index in [1.807, 2.05) is 0 Å². The van der Waals surface area contributed by atoms with Gasteiger partial charge < -0.3 is 14.8 Å². The van der Waals surface area contributed by atoms with Gasteiger partial charge >= 0.3 is 5.97 Å². The van der Waals surface area contributed by atoms with Gasteiger partial charge in [0, 0.05) is 6.04 Å². The number of aliphatic carboxylic acids is 1. The first-order chi connectivity index (χ1) is 8.06. The Morgan fingerprint density at radius 2 is 2.18 bits per heavy atom. The average molecular weight is 302 g/mol. The molecular weight excluding hydrogens is 290 g/mol. The number of amides is 1. The number of hydrogen-bond donors (Lipinski definition) is 2. The topological polar surface area (TPSA) is 79.5 Å². The molecule has 1 saturated carbocycles. The molecule has 1 fully saturated rings. The highest BCUT2D eigenvalue weighted by molar-refractivity contribution is 9.10. The Bertz CT molecular complexity index is 442. The van der Waals surface area contributed by atoms with E-state index in [-0.39, 0.29) is 23.6 Å². The van der Waals surface area contributed by atoms with E-state index in [9.17, 15) is 9.59 Å². The fraction of sp³-hybridized carbons (Fsp3) is 0.455. The lowest BCUT2D eigenvalue weighted by Gasteiger charge is -2.10. The Labute approximate surface area is 106 Å². The second-order valence-electron chi connectivity index (χ2n) is 4.12. The molecule has 6 heteroatoms. The summed E-state index contributed by atoms with van der Waals surface area (Å²) in [5.74, 6) is -1.20. The number of hydrogen-bond acceptors (Lipinski definition) is 3. The van der Waals surface area contributed by atoms with E-state index in [1.165, 1.54) is 0 Å². The summed E-state index contributed by atoms with van der Waals surface area (Å²) in [6.07, 6.45) is 1.80. The van der Waals surface area contributed by atoms with Crippen LogP contribution < -0.4 is 5.32 Å². The molecule has 17 heavy (non-hydrogen) atoms. The molecule has 1 aromatic heterocycles. The molecule has 1 amide bonds. The Kier molecular flexibility index (Phi) is 3.51. The van der Waals surface area contributed by atoms with Crippen molar-refractivity contribution in [3.05, 3.63) is 22.6 Å². The SMILES string of the molecule is O=C(NC1CCC(C(=O)O)C1)c1ccc(Br)o1. The van der Waals surface area contributed by atoms with E-state index >= 15 is 0 Å². The maximum Gasteiger partial charge on any atom is 0.306 e. The van der Waals surface area contributed by atoms with Crippen molar-refractivity contribution in [3.63, 3.8) is 0 Å². The number of carbonyl (C=O) groups is 2. The van der Waals surface area contributed by atoms with Crippen molar-refractivity contribution in [3.8, 4) is 0 Å². The highest BCUT2D eigenvalue weighted by Crippen LogP contribution is 2.26. The van der Waals surface area contributed by atoms with E-state index in [1.54, 1.807) is 12.1 Å². The molecule has 2 unspecified atom stereocenters. The van der Waals surface area contributed by atoms with Crippen LogP contribution in [0.4, 0.5) is 0 Å². The van der Waals surface area contributed by atoms with E-state index in [2.05, 4.69) is 21.2 Å². The molecule has 0 saturated heterocycles. The van der Waals surface area contributed by atoms with Crippen LogP contribution in [-0.2, 0) is 4.79 Å². The predicted molar refractivity (Wildman–Crippen MR) is 62.6 cm³/mol. The number of rotatable bonds is 3. The number of carbonyl (C=O) groups excluding carboxylic acids is 1. The van der Waals surface area contributed by atoms with Crippen molar-refractivity contribution in [1.82, 2.24) is 5.32 Å². The normalized spacial score (nSPS) is 23.6. The molecule has 1 aliphatic carbocycles. The quantitative estimate of drug-likeness (QED) is 0.895. The van der Waals surface area contributed by atoms with Crippen LogP contribution in [0.2, 0.25) is 0 Å².